The van der Waals surface area contributed by atoms with Gasteiger partial charge in [-0.3, -0.25) is 10.1 Å². The van der Waals surface area contributed by atoms with Crippen LogP contribution >= 0.6 is 0 Å². The summed E-state index contributed by atoms with van der Waals surface area (Å²) in [4.78, 5) is 10.9. The second kappa shape index (κ2) is 5.95. The zero-order valence-corrected chi connectivity index (χ0v) is 9.01. The summed E-state index contributed by atoms with van der Waals surface area (Å²) in [5.41, 5.74) is -0.627. The van der Waals surface area contributed by atoms with Gasteiger partial charge in [-0.05, 0) is 19.3 Å². The quantitative estimate of drug-likeness (QED) is 0.453. The van der Waals surface area contributed by atoms with Crippen LogP contribution in [0.1, 0.15) is 59.3 Å². The molecule has 0 atom stereocenters. The molecule has 3 nitrogen and oxygen atoms in total. The predicted molar refractivity (Wildman–Crippen MR) is 54.4 cm³/mol. The smallest absolute Gasteiger partial charge is 0.222 e. The molecule has 78 valence electrons. The Hall–Kier alpha value is -0.600. The zero-order chi connectivity index (χ0) is 10.3. The fraction of sp³-hybridized carbons (Fsp3) is 1.00. The van der Waals surface area contributed by atoms with E-state index >= 15 is 0 Å². The predicted octanol–water partition coefficient (Wildman–Crippen LogP) is 3.40. The summed E-state index contributed by atoms with van der Waals surface area (Å²) in [6, 6.07) is 0. The molecule has 0 aromatic rings. The highest BCUT2D eigenvalue weighted by Crippen LogP contribution is 2.28. The molecular weight excluding hydrogens is 166 g/mol. The van der Waals surface area contributed by atoms with Gasteiger partial charge in [0.1, 0.15) is 0 Å². The molecular formula is C10H21NO2. The molecule has 0 aliphatic rings. The van der Waals surface area contributed by atoms with Gasteiger partial charge >= 0.3 is 0 Å². The SMILES string of the molecule is CCCC(CCC)(CCC)[N+](=O)[O-]. The fourth-order valence-corrected chi connectivity index (χ4v) is 2.04. The summed E-state index contributed by atoms with van der Waals surface area (Å²) in [6.45, 7) is 6.05. The van der Waals surface area contributed by atoms with Crippen molar-refractivity contribution in [2.24, 2.45) is 0 Å². The monoisotopic (exact) mass is 187 g/mol. The Morgan fingerprint density at radius 2 is 1.31 bits per heavy atom. The third-order valence-corrected chi connectivity index (χ3v) is 2.53. The van der Waals surface area contributed by atoms with Crippen molar-refractivity contribution in [2.45, 2.75) is 64.8 Å². The molecule has 3 heteroatoms. The third-order valence-electron chi connectivity index (χ3n) is 2.53. The van der Waals surface area contributed by atoms with E-state index in [2.05, 4.69) is 0 Å². The molecule has 0 amide bonds. The van der Waals surface area contributed by atoms with Crippen molar-refractivity contribution < 1.29 is 4.92 Å². The van der Waals surface area contributed by atoms with Crippen LogP contribution in [0.25, 0.3) is 0 Å². The maximum atomic E-state index is 11.0. The number of hydrogen-bond donors (Lipinski definition) is 0. The molecule has 0 spiro atoms. The lowest BCUT2D eigenvalue weighted by Crippen LogP contribution is -2.37. The van der Waals surface area contributed by atoms with Crippen LogP contribution in [0.4, 0.5) is 0 Å². The van der Waals surface area contributed by atoms with Gasteiger partial charge in [0.25, 0.3) is 0 Å². The Morgan fingerprint density at radius 1 is 1.00 bits per heavy atom. The van der Waals surface area contributed by atoms with Crippen LogP contribution in [0.5, 0.6) is 0 Å². The first-order valence-corrected chi connectivity index (χ1v) is 5.27. The molecule has 0 unspecified atom stereocenters. The Balaban J connectivity index is 4.48. The fourth-order valence-electron chi connectivity index (χ4n) is 2.04. The van der Waals surface area contributed by atoms with Gasteiger partial charge in [0.2, 0.25) is 5.54 Å². The van der Waals surface area contributed by atoms with Crippen molar-refractivity contribution in [1.29, 1.82) is 0 Å². The second-order valence-electron chi connectivity index (χ2n) is 3.73. The summed E-state index contributed by atoms with van der Waals surface area (Å²) in [7, 11) is 0. The van der Waals surface area contributed by atoms with E-state index < -0.39 is 5.54 Å². The van der Waals surface area contributed by atoms with Crippen LogP contribution in [0.3, 0.4) is 0 Å². The van der Waals surface area contributed by atoms with Crippen molar-refractivity contribution >= 4 is 0 Å². The van der Waals surface area contributed by atoms with E-state index in [-0.39, 0.29) is 4.92 Å². The minimum atomic E-state index is -0.627. The molecule has 0 rings (SSSR count). The van der Waals surface area contributed by atoms with Gasteiger partial charge in [0.05, 0.1) is 0 Å². The first-order chi connectivity index (χ1) is 6.13. The lowest BCUT2D eigenvalue weighted by Gasteiger charge is -2.23. The molecule has 0 N–H and O–H groups in total. The lowest BCUT2D eigenvalue weighted by molar-refractivity contribution is -0.574. The van der Waals surface area contributed by atoms with E-state index in [1.165, 1.54) is 0 Å². The molecule has 0 bridgehead atoms. The van der Waals surface area contributed by atoms with E-state index in [1.54, 1.807) is 0 Å². The standard InChI is InChI=1S/C10H21NO2/c1-4-7-10(8-5-2,9-6-3)11(12)13/h4-9H2,1-3H3. The lowest BCUT2D eigenvalue weighted by atomic mass is 9.85. The molecule has 0 aliphatic heterocycles. The normalized spacial score (nSPS) is 11.6. The molecule has 0 aromatic heterocycles. The summed E-state index contributed by atoms with van der Waals surface area (Å²) < 4.78 is 0. The van der Waals surface area contributed by atoms with Crippen LogP contribution in [0.2, 0.25) is 0 Å². The maximum absolute atomic E-state index is 11.0. The molecule has 0 saturated heterocycles. The van der Waals surface area contributed by atoms with Crippen molar-refractivity contribution in [3.8, 4) is 0 Å². The molecule has 0 aromatic carbocycles. The molecule has 0 saturated carbocycles. The van der Waals surface area contributed by atoms with Crippen LogP contribution in [-0.2, 0) is 0 Å². The number of nitro groups is 1. The van der Waals surface area contributed by atoms with Gasteiger partial charge in [-0.2, -0.15) is 0 Å². The first kappa shape index (κ1) is 12.4. The Bertz CT molecular complexity index is 140. The minimum Gasteiger partial charge on any atom is -0.264 e. The van der Waals surface area contributed by atoms with Gasteiger partial charge in [0, 0.05) is 24.2 Å². The molecule has 13 heavy (non-hydrogen) atoms. The highest BCUT2D eigenvalue weighted by Gasteiger charge is 2.39. The number of nitrogens with zero attached hydrogens (tertiary/aromatic N) is 1. The Morgan fingerprint density at radius 3 is 1.46 bits per heavy atom. The zero-order valence-electron chi connectivity index (χ0n) is 9.01. The van der Waals surface area contributed by atoms with Gasteiger partial charge in [-0.25, -0.2) is 0 Å². The second-order valence-corrected chi connectivity index (χ2v) is 3.73. The molecule has 0 radical (unpaired) electrons. The van der Waals surface area contributed by atoms with Crippen LogP contribution in [0, 0.1) is 10.1 Å². The van der Waals surface area contributed by atoms with Gasteiger partial charge in [0.15, 0.2) is 0 Å². The maximum Gasteiger partial charge on any atom is 0.222 e. The average molecular weight is 187 g/mol. The van der Waals surface area contributed by atoms with E-state index in [1.807, 2.05) is 20.8 Å². The topological polar surface area (TPSA) is 43.1 Å². The van der Waals surface area contributed by atoms with Crippen molar-refractivity contribution in [2.75, 3.05) is 0 Å². The van der Waals surface area contributed by atoms with Gasteiger partial charge < -0.3 is 0 Å². The third kappa shape index (κ3) is 3.33. The highest BCUT2D eigenvalue weighted by atomic mass is 16.6. The Kier molecular flexibility index (Phi) is 5.67. The van der Waals surface area contributed by atoms with E-state index in [0.717, 1.165) is 38.5 Å². The first-order valence-electron chi connectivity index (χ1n) is 5.27. The van der Waals surface area contributed by atoms with Gasteiger partial charge in [-0.15, -0.1) is 0 Å². The number of rotatable bonds is 7. The van der Waals surface area contributed by atoms with Crippen molar-refractivity contribution in [3.63, 3.8) is 0 Å². The minimum absolute atomic E-state index is 0.0521. The Labute approximate surface area is 80.7 Å². The van der Waals surface area contributed by atoms with Crippen LogP contribution in [-0.4, -0.2) is 10.5 Å². The van der Waals surface area contributed by atoms with Gasteiger partial charge in [-0.1, -0.05) is 20.8 Å². The summed E-state index contributed by atoms with van der Waals surface area (Å²) in [6.07, 6.45) is 4.88. The molecule has 0 aliphatic carbocycles. The van der Waals surface area contributed by atoms with E-state index in [4.69, 9.17) is 0 Å². The summed E-state index contributed by atoms with van der Waals surface area (Å²) >= 11 is 0. The largest absolute Gasteiger partial charge is 0.264 e. The van der Waals surface area contributed by atoms with Crippen molar-refractivity contribution in [1.82, 2.24) is 0 Å². The molecule has 0 heterocycles. The number of hydrogen-bond acceptors (Lipinski definition) is 2. The summed E-state index contributed by atoms with van der Waals surface area (Å²) in [5.74, 6) is 0. The average Bonchev–Trinajstić information content (AvgIpc) is 2.05. The van der Waals surface area contributed by atoms with E-state index in [9.17, 15) is 10.1 Å². The van der Waals surface area contributed by atoms with Crippen molar-refractivity contribution in [3.05, 3.63) is 10.1 Å². The van der Waals surface area contributed by atoms with Crippen LogP contribution in [0.15, 0.2) is 0 Å². The molecule has 0 fully saturated rings. The highest BCUT2D eigenvalue weighted by molar-refractivity contribution is 4.77. The summed E-state index contributed by atoms with van der Waals surface area (Å²) in [5, 5.41) is 11.0. The van der Waals surface area contributed by atoms with Crippen LogP contribution < -0.4 is 0 Å². The van der Waals surface area contributed by atoms with E-state index in [0.29, 0.717) is 0 Å².